The fraction of sp³-hybridized carbons (Fsp3) is 0.536. The largest absolute Gasteiger partial charge is 0.460 e. The summed E-state index contributed by atoms with van der Waals surface area (Å²) >= 11 is 1.18. The number of hydrogen-bond donors (Lipinski definition) is 1. The zero-order chi connectivity index (χ0) is 25.6. The number of esters is 1. The van der Waals surface area contributed by atoms with Gasteiger partial charge in [0.2, 0.25) is 0 Å². The van der Waals surface area contributed by atoms with Crippen molar-refractivity contribution in [1.29, 1.82) is 0 Å². The van der Waals surface area contributed by atoms with Gasteiger partial charge in [-0.25, -0.2) is 4.39 Å². The maximum absolute atomic E-state index is 14.4. The van der Waals surface area contributed by atoms with E-state index in [0.717, 1.165) is 30.6 Å². The first-order valence-electron chi connectivity index (χ1n) is 11.9. The average molecular weight is 490 g/mol. The van der Waals surface area contributed by atoms with Gasteiger partial charge in [0, 0.05) is 4.90 Å². The van der Waals surface area contributed by atoms with E-state index >= 15 is 0 Å². The van der Waals surface area contributed by atoms with Crippen molar-refractivity contribution >= 4 is 17.9 Å². The second kappa shape index (κ2) is 11.6. The molecule has 4 nitrogen and oxygen atoms in total. The molecule has 0 aliphatic carbocycles. The van der Waals surface area contributed by atoms with Crippen molar-refractivity contribution in [3.8, 4) is 11.5 Å². The van der Waals surface area contributed by atoms with Gasteiger partial charge in [-0.05, 0) is 126 Å². The standard InChI is InChI=1S/C28H40FNO3S/c1-26(2,3)33-25(31)28(6,7)19-27(4,5)17-9-8-10-20-18-22(13-16-24(20)29)32-21-11-14-23(34-30)15-12-21/h11-16,18H,8-10,17,19,30H2,1-7H3. The lowest BCUT2D eigenvalue weighted by atomic mass is 9.72. The number of nitrogens with two attached hydrogens (primary N) is 1. The predicted octanol–water partition coefficient (Wildman–Crippen LogP) is 8.08. The lowest BCUT2D eigenvalue weighted by Crippen LogP contribution is -2.36. The van der Waals surface area contributed by atoms with E-state index in [9.17, 15) is 9.18 Å². The smallest absolute Gasteiger partial charge is 0.312 e. The van der Waals surface area contributed by atoms with Crippen LogP contribution in [-0.2, 0) is 16.0 Å². The monoisotopic (exact) mass is 489 g/mol. The molecule has 0 fully saturated rings. The number of hydrogen-bond acceptors (Lipinski definition) is 5. The molecule has 0 saturated heterocycles. The van der Waals surface area contributed by atoms with Crippen LogP contribution in [0.2, 0.25) is 0 Å². The SMILES string of the molecule is CC(C)(CCCCc1cc(Oc2ccc(SN)cc2)ccc1F)CC(C)(C)C(=O)OC(C)(C)C. The number of carbonyl (C=O) groups is 1. The van der Waals surface area contributed by atoms with E-state index in [1.54, 1.807) is 12.1 Å². The number of aryl methyl sites for hydroxylation is 1. The molecule has 6 heteroatoms. The van der Waals surface area contributed by atoms with Crippen LogP contribution in [0.3, 0.4) is 0 Å². The number of rotatable bonds is 11. The van der Waals surface area contributed by atoms with Crippen LogP contribution in [-0.4, -0.2) is 11.6 Å². The summed E-state index contributed by atoms with van der Waals surface area (Å²) in [6.45, 7) is 13.9. The van der Waals surface area contributed by atoms with Crippen molar-refractivity contribution in [3.05, 3.63) is 53.8 Å². The van der Waals surface area contributed by atoms with Crippen LogP contribution >= 0.6 is 11.9 Å². The van der Waals surface area contributed by atoms with Gasteiger partial charge in [-0.3, -0.25) is 9.93 Å². The zero-order valence-electron chi connectivity index (χ0n) is 21.7. The predicted molar refractivity (Wildman–Crippen MR) is 139 cm³/mol. The Bertz CT molecular complexity index is 949. The van der Waals surface area contributed by atoms with Crippen LogP contribution in [0, 0.1) is 16.6 Å². The van der Waals surface area contributed by atoms with Crippen molar-refractivity contribution in [3.63, 3.8) is 0 Å². The van der Waals surface area contributed by atoms with Crippen molar-refractivity contribution in [1.82, 2.24) is 0 Å². The van der Waals surface area contributed by atoms with Crippen molar-refractivity contribution < 1.29 is 18.7 Å². The second-order valence-corrected chi connectivity index (χ2v) is 12.1. The molecule has 0 amide bonds. The summed E-state index contributed by atoms with van der Waals surface area (Å²) in [5.41, 5.74) is -0.431. The first kappa shape index (κ1) is 28.2. The average Bonchev–Trinajstić information content (AvgIpc) is 2.72. The Balaban J connectivity index is 1.89. The highest BCUT2D eigenvalue weighted by molar-refractivity contribution is 7.97. The van der Waals surface area contributed by atoms with Crippen LogP contribution in [0.4, 0.5) is 4.39 Å². The van der Waals surface area contributed by atoms with Crippen LogP contribution in [0.1, 0.15) is 79.7 Å². The molecule has 2 aromatic carbocycles. The Morgan fingerprint density at radius 2 is 1.56 bits per heavy atom. The zero-order valence-corrected chi connectivity index (χ0v) is 22.5. The Morgan fingerprint density at radius 3 is 2.15 bits per heavy atom. The van der Waals surface area contributed by atoms with Crippen LogP contribution in [0.15, 0.2) is 47.4 Å². The van der Waals surface area contributed by atoms with Gasteiger partial charge in [0.05, 0.1) is 5.41 Å². The number of carbonyl (C=O) groups excluding carboxylic acids is 1. The van der Waals surface area contributed by atoms with E-state index in [1.165, 1.54) is 18.0 Å². The molecular weight excluding hydrogens is 449 g/mol. The van der Waals surface area contributed by atoms with Crippen LogP contribution < -0.4 is 9.88 Å². The first-order chi connectivity index (χ1) is 15.7. The normalized spacial score (nSPS) is 12.5. The minimum absolute atomic E-state index is 0.0299. The molecule has 188 valence electrons. The maximum atomic E-state index is 14.4. The summed E-state index contributed by atoms with van der Waals surface area (Å²) in [5, 5.41) is 5.55. The van der Waals surface area contributed by atoms with Crippen molar-refractivity contribution in [2.75, 3.05) is 0 Å². The quantitative estimate of drug-likeness (QED) is 0.196. The topological polar surface area (TPSA) is 61.5 Å². The molecule has 2 aromatic rings. The Kier molecular flexibility index (Phi) is 9.61. The summed E-state index contributed by atoms with van der Waals surface area (Å²) in [6.07, 6.45) is 4.12. The maximum Gasteiger partial charge on any atom is 0.312 e. The molecule has 34 heavy (non-hydrogen) atoms. The summed E-state index contributed by atoms with van der Waals surface area (Å²) < 4.78 is 25.9. The summed E-state index contributed by atoms with van der Waals surface area (Å²) in [6, 6.07) is 12.3. The molecule has 0 saturated carbocycles. The lowest BCUT2D eigenvalue weighted by molar-refractivity contribution is -0.167. The molecule has 0 radical (unpaired) electrons. The van der Waals surface area contributed by atoms with E-state index in [4.69, 9.17) is 14.6 Å². The highest BCUT2D eigenvalue weighted by Gasteiger charge is 2.37. The lowest BCUT2D eigenvalue weighted by Gasteiger charge is -2.35. The second-order valence-electron chi connectivity index (χ2n) is 11.4. The van der Waals surface area contributed by atoms with E-state index in [0.29, 0.717) is 23.5 Å². The van der Waals surface area contributed by atoms with Gasteiger partial charge in [0.15, 0.2) is 0 Å². The van der Waals surface area contributed by atoms with Gasteiger partial charge in [0.25, 0.3) is 0 Å². The Morgan fingerprint density at radius 1 is 0.941 bits per heavy atom. The fourth-order valence-corrected chi connectivity index (χ4v) is 4.51. The molecule has 2 N–H and O–H groups in total. The summed E-state index contributed by atoms with van der Waals surface area (Å²) in [7, 11) is 0. The van der Waals surface area contributed by atoms with E-state index in [1.807, 2.05) is 58.9 Å². The van der Waals surface area contributed by atoms with Crippen molar-refractivity contribution in [2.24, 2.45) is 16.0 Å². The number of halogens is 1. The van der Waals surface area contributed by atoms with Gasteiger partial charge >= 0.3 is 5.97 Å². The van der Waals surface area contributed by atoms with Gasteiger partial charge in [-0.1, -0.05) is 20.3 Å². The van der Waals surface area contributed by atoms with Gasteiger partial charge in [0.1, 0.15) is 22.9 Å². The van der Waals surface area contributed by atoms with Crippen LogP contribution in [0.5, 0.6) is 11.5 Å². The third kappa shape index (κ3) is 9.30. The molecule has 0 heterocycles. The molecule has 0 bridgehead atoms. The molecule has 0 atom stereocenters. The third-order valence-corrected chi connectivity index (χ3v) is 6.18. The Labute approximate surface area is 208 Å². The molecular formula is C28H40FNO3S. The van der Waals surface area contributed by atoms with Crippen molar-refractivity contribution in [2.45, 2.75) is 91.1 Å². The van der Waals surface area contributed by atoms with E-state index in [2.05, 4.69) is 13.8 Å². The molecule has 0 aliphatic rings. The Hall–Kier alpha value is -2.05. The number of ether oxygens (including phenoxy) is 2. The summed E-state index contributed by atoms with van der Waals surface area (Å²) in [4.78, 5) is 13.6. The fourth-order valence-electron chi connectivity index (χ4n) is 4.22. The van der Waals surface area contributed by atoms with Gasteiger partial charge in [-0.2, -0.15) is 0 Å². The minimum atomic E-state index is -0.560. The minimum Gasteiger partial charge on any atom is -0.460 e. The summed E-state index contributed by atoms with van der Waals surface area (Å²) in [5.74, 6) is 0.921. The molecule has 0 spiro atoms. The highest BCUT2D eigenvalue weighted by atomic mass is 32.2. The number of benzene rings is 2. The number of unbranched alkanes of at least 4 members (excludes halogenated alkanes) is 1. The molecule has 0 aliphatic heterocycles. The van der Waals surface area contributed by atoms with Gasteiger partial charge < -0.3 is 9.47 Å². The third-order valence-electron chi connectivity index (χ3n) is 5.63. The van der Waals surface area contributed by atoms with Crippen LogP contribution in [0.25, 0.3) is 0 Å². The molecule has 0 aromatic heterocycles. The van der Waals surface area contributed by atoms with E-state index < -0.39 is 11.0 Å². The van der Waals surface area contributed by atoms with E-state index in [-0.39, 0.29) is 17.2 Å². The van der Waals surface area contributed by atoms with Gasteiger partial charge in [-0.15, -0.1) is 0 Å². The first-order valence-corrected chi connectivity index (χ1v) is 12.8. The molecule has 0 unspecified atom stereocenters. The highest BCUT2D eigenvalue weighted by Crippen LogP contribution is 2.39. The molecule has 2 rings (SSSR count).